The van der Waals surface area contributed by atoms with Crippen molar-refractivity contribution in [2.24, 2.45) is 11.7 Å². The first-order valence-corrected chi connectivity index (χ1v) is 6.77. The van der Waals surface area contributed by atoms with Crippen molar-refractivity contribution in [1.29, 1.82) is 0 Å². The van der Waals surface area contributed by atoms with E-state index in [2.05, 4.69) is 5.32 Å². The maximum absolute atomic E-state index is 11.9. The van der Waals surface area contributed by atoms with Gasteiger partial charge in [0.25, 0.3) is 0 Å². The lowest BCUT2D eigenvalue weighted by Crippen LogP contribution is -2.49. The predicted octanol–water partition coefficient (Wildman–Crippen LogP) is 0.992. The van der Waals surface area contributed by atoms with Gasteiger partial charge in [-0.25, -0.2) is 0 Å². The number of rotatable bonds is 7. The number of phenols is 1. The number of nitrogens with one attached hydrogen (secondary N) is 1. The van der Waals surface area contributed by atoms with Gasteiger partial charge >= 0.3 is 0 Å². The smallest absolute Gasteiger partial charge is 0.237 e. The molecular formula is C15H22N2O3. The average molecular weight is 278 g/mol. The van der Waals surface area contributed by atoms with E-state index >= 15 is 0 Å². The highest BCUT2D eigenvalue weighted by Crippen LogP contribution is 2.11. The lowest BCUT2D eigenvalue weighted by molar-refractivity contribution is -0.126. The van der Waals surface area contributed by atoms with Gasteiger partial charge in [-0.2, -0.15) is 0 Å². The van der Waals surface area contributed by atoms with Gasteiger partial charge in [-0.3, -0.25) is 4.79 Å². The zero-order valence-electron chi connectivity index (χ0n) is 11.9. The van der Waals surface area contributed by atoms with Crippen LogP contribution >= 0.6 is 0 Å². The van der Waals surface area contributed by atoms with E-state index in [4.69, 9.17) is 5.73 Å². The standard InChI is InChI=1S/C15H22N2O3/c1-3-10(2)14(16)15(20)17-12(9-18)8-11-4-6-13(19)7-5-11/h4-7,9-10,12,14,19H,3,8,16H2,1-2H3,(H,17,20)/t10-,12-,14-/m0/s1. The van der Waals surface area contributed by atoms with Gasteiger partial charge in [-0.05, 0) is 30.0 Å². The van der Waals surface area contributed by atoms with E-state index in [0.29, 0.717) is 12.7 Å². The Morgan fingerprint density at radius 1 is 1.40 bits per heavy atom. The molecule has 0 radical (unpaired) electrons. The maximum atomic E-state index is 11.9. The molecule has 0 spiro atoms. The summed E-state index contributed by atoms with van der Waals surface area (Å²) in [4.78, 5) is 23.0. The molecule has 0 bridgehead atoms. The first-order valence-electron chi connectivity index (χ1n) is 6.77. The second kappa shape index (κ2) is 7.65. The summed E-state index contributed by atoms with van der Waals surface area (Å²) in [5.41, 5.74) is 6.69. The number of carbonyl (C=O) groups excluding carboxylic acids is 2. The van der Waals surface area contributed by atoms with Crippen molar-refractivity contribution in [3.63, 3.8) is 0 Å². The maximum Gasteiger partial charge on any atom is 0.237 e. The fourth-order valence-corrected chi connectivity index (χ4v) is 1.81. The quantitative estimate of drug-likeness (QED) is 0.649. The third kappa shape index (κ3) is 4.66. The third-order valence-corrected chi connectivity index (χ3v) is 3.44. The van der Waals surface area contributed by atoms with Crippen LogP contribution in [-0.2, 0) is 16.0 Å². The molecule has 0 heterocycles. The number of benzene rings is 1. The number of nitrogens with two attached hydrogens (primary N) is 1. The van der Waals surface area contributed by atoms with E-state index in [1.165, 1.54) is 0 Å². The van der Waals surface area contributed by atoms with Gasteiger partial charge in [-0.15, -0.1) is 0 Å². The van der Waals surface area contributed by atoms with Crippen LogP contribution in [0.2, 0.25) is 0 Å². The largest absolute Gasteiger partial charge is 0.508 e. The lowest BCUT2D eigenvalue weighted by atomic mass is 9.98. The summed E-state index contributed by atoms with van der Waals surface area (Å²) in [5.74, 6) is -0.0783. The zero-order valence-corrected chi connectivity index (χ0v) is 11.9. The molecule has 1 rings (SSSR count). The Labute approximate surface area is 119 Å². The highest BCUT2D eigenvalue weighted by molar-refractivity contribution is 5.84. The van der Waals surface area contributed by atoms with Gasteiger partial charge in [-0.1, -0.05) is 32.4 Å². The number of aldehydes is 1. The van der Waals surface area contributed by atoms with Gasteiger partial charge < -0.3 is 21.0 Å². The Kier molecular flexibility index (Phi) is 6.18. The second-order valence-corrected chi connectivity index (χ2v) is 5.03. The van der Waals surface area contributed by atoms with E-state index in [9.17, 15) is 14.7 Å². The van der Waals surface area contributed by atoms with E-state index in [1.54, 1.807) is 24.3 Å². The number of phenolic OH excluding ortho intramolecular Hbond substituents is 1. The molecule has 0 aliphatic rings. The fourth-order valence-electron chi connectivity index (χ4n) is 1.81. The van der Waals surface area contributed by atoms with E-state index in [-0.39, 0.29) is 17.6 Å². The summed E-state index contributed by atoms with van der Waals surface area (Å²) in [6.45, 7) is 3.87. The van der Waals surface area contributed by atoms with Crippen LogP contribution in [0.5, 0.6) is 5.75 Å². The van der Waals surface area contributed by atoms with Crippen LogP contribution in [0, 0.1) is 5.92 Å². The topological polar surface area (TPSA) is 92.4 Å². The van der Waals surface area contributed by atoms with Gasteiger partial charge in [0.2, 0.25) is 5.91 Å². The Balaban J connectivity index is 2.61. The SMILES string of the molecule is CC[C@H](C)[C@H](N)C(=O)N[C@H](C=O)Cc1ccc(O)cc1. The van der Waals surface area contributed by atoms with Gasteiger partial charge in [0, 0.05) is 0 Å². The molecule has 0 saturated carbocycles. The van der Waals surface area contributed by atoms with Crippen molar-refractivity contribution < 1.29 is 14.7 Å². The zero-order chi connectivity index (χ0) is 15.1. The highest BCUT2D eigenvalue weighted by Gasteiger charge is 2.22. The van der Waals surface area contributed by atoms with Crippen molar-refractivity contribution in [2.75, 3.05) is 0 Å². The molecule has 1 aromatic carbocycles. The van der Waals surface area contributed by atoms with Crippen molar-refractivity contribution >= 4 is 12.2 Å². The Hall–Kier alpha value is -1.88. The monoisotopic (exact) mass is 278 g/mol. The molecule has 20 heavy (non-hydrogen) atoms. The van der Waals surface area contributed by atoms with Crippen LogP contribution in [0.25, 0.3) is 0 Å². The Morgan fingerprint density at radius 3 is 2.50 bits per heavy atom. The molecule has 0 aliphatic carbocycles. The molecule has 1 aromatic rings. The molecule has 4 N–H and O–H groups in total. The highest BCUT2D eigenvalue weighted by atomic mass is 16.3. The molecule has 5 nitrogen and oxygen atoms in total. The molecule has 0 aliphatic heterocycles. The number of amides is 1. The first kappa shape index (κ1) is 16.2. The lowest BCUT2D eigenvalue weighted by Gasteiger charge is -2.20. The van der Waals surface area contributed by atoms with Crippen LogP contribution in [-0.4, -0.2) is 29.4 Å². The van der Waals surface area contributed by atoms with Crippen molar-refractivity contribution in [3.8, 4) is 5.75 Å². The number of hydrogen-bond donors (Lipinski definition) is 3. The van der Waals surface area contributed by atoms with Crippen LogP contribution in [0.15, 0.2) is 24.3 Å². The molecular weight excluding hydrogens is 256 g/mol. The van der Waals surface area contributed by atoms with E-state index in [1.807, 2.05) is 13.8 Å². The Morgan fingerprint density at radius 2 is 2.00 bits per heavy atom. The van der Waals surface area contributed by atoms with Crippen LogP contribution in [0.4, 0.5) is 0 Å². The summed E-state index contributed by atoms with van der Waals surface area (Å²) >= 11 is 0. The van der Waals surface area contributed by atoms with Crippen LogP contribution < -0.4 is 11.1 Å². The predicted molar refractivity (Wildman–Crippen MR) is 77.2 cm³/mol. The van der Waals surface area contributed by atoms with Crippen LogP contribution in [0.1, 0.15) is 25.8 Å². The number of carbonyl (C=O) groups is 2. The summed E-state index contributed by atoms with van der Waals surface area (Å²) in [5, 5.41) is 11.8. The first-order chi connectivity index (χ1) is 9.47. The summed E-state index contributed by atoms with van der Waals surface area (Å²) in [6, 6.07) is 5.30. The third-order valence-electron chi connectivity index (χ3n) is 3.44. The minimum absolute atomic E-state index is 0.0657. The second-order valence-electron chi connectivity index (χ2n) is 5.03. The number of hydrogen-bond acceptors (Lipinski definition) is 4. The molecule has 0 unspecified atom stereocenters. The van der Waals surface area contributed by atoms with Crippen molar-refractivity contribution in [2.45, 2.75) is 38.8 Å². The summed E-state index contributed by atoms with van der Waals surface area (Å²) in [7, 11) is 0. The van der Waals surface area contributed by atoms with E-state index < -0.39 is 12.1 Å². The molecule has 0 aromatic heterocycles. The van der Waals surface area contributed by atoms with Crippen molar-refractivity contribution in [1.82, 2.24) is 5.32 Å². The summed E-state index contributed by atoms with van der Waals surface area (Å²) in [6.07, 6.45) is 1.88. The minimum Gasteiger partial charge on any atom is -0.508 e. The molecule has 3 atom stereocenters. The van der Waals surface area contributed by atoms with E-state index in [0.717, 1.165) is 12.0 Å². The molecule has 5 heteroatoms. The Bertz CT molecular complexity index is 445. The van der Waals surface area contributed by atoms with Gasteiger partial charge in [0.15, 0.2) is 0 Å². The fraction of sp³-hybridized carbons (Fsp3) is 0.467. The average Bonchev–Trinajstić information content (AvgIpc) is 2.46. The van der Waals surface area contributed by atoms with Gasteiger partial charge in [0.1, 0.15) is 12.0 Å². The van der Waals surface area contributed by atoms with Crippen molar-refractivity contribution in [3.05, 3.63) is 29.8 Å². The molecule has 1 amide bonds. The molecule has 110 valence electrons. The normalized spacial score (nSPS) is 15.2. The number of aromatic hydroxyl groups is 1. The minimum atomic E-state index is -0.609. The molecule has 0 fully saturated rings. The van der Waals surface area contributed by atoms with Crippen LogP contribution in [0.3, 0.4) is 0 Å². The summed E-state index contributed by atoms with van der Waals surface area (Å²) < 4.78 is 0. The molecule has 0 saturated heterocycles. The van der Waals surface area contributed by atoms with Gasteiger partial charge in [0.05, 0.1) is 12.1 Å².